The predicted octanol–water partition coefficient (Wildman–Crippen LogP) is 3.57. The summed E-state index contributed by atoms with van der Waals surface area (Å²) >= 11 is 1.40. The summed E-state index contributed by atoms with van der Waals surface area (Å²) in [5, 5.41) is 8.72. The Morgan fingerprint density at radius 1 is 1.36 bits per heavy atom. The summed E-state index contributed by atoms with van der Waals surface area (Å²) in [6, 6.07) is 3.63. The minimum atomic E-state index is -0.810. The van der Waals surface area contributed by atoms with Gasteiger partial charge in [0.2, 0.25) is 0 Å². The lowest BCUT2D eigenvalue weighted by Gasteiger charge is -1.96. The molecule has 0 aromatic carbocycles. The van der Waals surface area contributed by atoms with Crippen molar-refractivity contribution in [2.75, 3.05) is 0 Å². The lowest BCUT2D eigenvalue weighted by Crippen LogP contribution is -1.89. The fraction of sp³-hybridized carbons (Fsp3) is 0.545. The van der Waals surface area contributed by atoms with Gasteiger partial charge >= 0.3 is 5.97 Å². The molecule has 0 aliphatic rings. The highest BCUT2D eigenvalue weighted by Crippen LogP contribution is 2.18. The molecule has 1 aromatic rings. The van der Waals surface area contributed by atoms with Gasteiger partial charge in [-0.3, -0.25) is 0 Å². The van der Waals surface area contributed by atoms with E-state index in [-0.39, 0.29) is 0 Å². The first-order valence-corrected chi connectivity index (χ1v) is 5.87. The van der Waals surface area contributed by atoms with Crippen molar-refractivity contribution in [1.29, 1.82) is 0 Å². The summed E-state index contributed by atoms with van der Waals surface area (Å²) in [5.74, 6) is -0.810. The largest absolute Gasteiger partial charge is 0.477 e. The quantitative estimate of drug-likeness (QED) is 0.732. The van der Waals surface area contributed by atoms with Gasteiger partial charge in [0.25, 0.3) is 0 Å². The monoisotopic (exact) mass is 212 g/mol. The maximum absolute atomic E-state index is 10.6. The Morgan fingerprint density at radius 2 is 2.14 bits per heavy atom. The van der Waals surface area contributed by atoms with Gasteiger partial charge in [0, 0.05) is 4.88 Å². The second-order valence-corrected chi connectivity index (χ2v) is 4.55. The molecule has 2 nitrogen and oxygen atoms in total. The maximum atomic E-state index is 10.6. The predicted molar refractivity (Wildman–Crippen MR) is 59.1 cm³/mol. The van der Waals surface area contributed by atoms with E-state index in [9.17, 15) is 4.79 Å². The Kier molecular flexibility index (Phi) is 4.66. The van der Waals surface area contributed by atoms with E-state index in [2.05, 4.69) is 6.92 Å². The Bertz CT molecular complexity index is 291. The first kappa shape index (κ1) is 11.2. The summed E-state index contributed by atoms with van der Waals surface area (Å²) in [5.41, 5.74) is 0. The van der Waals surface area contributed by atoms with Crippen LogP contribution >= 0.6 is 11.3 Å². The number of aromatic carboxylic acids is 1. The molecule has 1 heterocycles. The summed E-state index contributed by atoms with van der Waals surface area (Å²) in [6.07, 6.45) is 5.96. The van der Waals surface area contributed by atoms with Crippen LogP contribution in [0.15, 0.2) is 12.1 Å². The van der Waals surface area contributed by atoms with E-state index in [1.165, 1.54) is 41.9 Å². The number of hydrogen-bond donors (Lipinski definition) is 1. The van der Waals surface area contributed by atoms with Crippen molar-refractivity contribution in [2.24, 2.45) is 0 Å². The van der Waals surface area contributed by atoms with Gasteiger partial charge in [-0.05, 0) is 25.0 Å². The van der Waals surface area contributed by atoms with Crippen molar-refractivity contribution in [3.05, 3.63) is 21.9 Å². The molecule has 78 valence electrons. The Hall–Kier alpha value is -0.830. The van der Waals surface area contributed by atoms with Crippen LogP contribution in [0.2, 0.25) is 0 Å². The molecule has 1 N–H and O–H groups in total. The molecule has 0 fully saturated rings. The van der Waals surface area contributed by atoms with Crippen LogP contribution in [0.5, 0.6) is 0 Å². The van der Waals surface area contributed by atoms with Crippen LogP contribution in [-0.2, 0) is 6.42 Å². The van der Waals surface area contributed by atoms with Crippen molar-refractivity contribution < 1.29 is 9.90 Å². The summed E-state index contributed by atoms with van der Waals surface area (Å²) in [7, 11) is 0. The SMILES string of the molecule is CCCCCCc1ccc(C(=O)O)s1. The van der Waals surface area contributed by atoms with E-state index in [1.54, 1.807) is 6.07 Å². The first-order valence-electron chi connectivity index (χ1n) is 5.06. The standard InChI is InChI=1S/C11H16O2S/c1-2-3-4-5-6-9-7-8-10(14-9)11(12)13/h7-8H,2-6H2,1H3,(H,12,13). The zero-order valence-electron chi connectivity index (χ0n) is 8.45. The molecule has 0 saturated carbocycles. The number of rotatable bonds is 6. The number of carboxylic acid groups (broad SMARTS) is 1. The number of aryl methyl sites for hydroxylation is 1. The van der Waals surface area contributed by atoms with Gasteiger partial charge in [-0.25, -0.2) is 4.79 Å². The van der Waals surface area contributed by atoms with Crippen molar-refractivity contribution in [2.45, 2.75) is 39.0 Å². The van der Waals surface area contributed by atoms with Crippen molar-refractivity contribution in [3.63, 3.8) is 0 Å². The maximum Gasteiger partial charge on any atom is 0.345 e. The highest BCUT2D eigenvalue weighted by molar-refractivity contribution is 7.13. The topological polar surface area (TPSA) is 37.3 Å². The average molecular weight is 212 g/mol. The molecule has 0 unspecified atom stereocenters. The van der Waals surface area contributed by atoms with Crippen LogP contribution in [0.4, 0.5) is 0 Å². The van der Waals surface area contributed by atoms with Crippen molar-refractivity contribution in [3.8, 4) is 0 Å². The van der Waals surface area contributed by atoms with Gasteiger partial charge in [-0.2, -0.15) is 0 Å². The third-order valence-electron chi connectivity index (χ3n) is 2.15. The van der Waals surface area contributed by atoms with Gasteiger partial charge in [-0.15, -0.1) is 11.3 Å². The van der Waals surface area contributed by atoms with Crippen LogP contribution < -0.4 is 0 Å². The second-order valence-electron chi connectivity index (χ2n) is 3.38. The van der Waals surface area contributed by atoms with Crippen molar-refractivity contribution >= 4 is 17.3 Å². The van der Waals surface area contributed by atoms with Gasteiger partial charge < -0.3 is 5.11 Å². The van der Waals surface area contributed by atoms with Crippen LogP contribution in [0.25, 0.3) is 0 Å². The van der Waals surface area contributed by atoms with Crippen LogP contribution in [0.3, 0.4) is 0 Å². The van der Waals surface area contributed by atoms with E-state index >= 15 is 0 Å². The molecule has 1 aromatic heterocycles. The molecule has 3 heteroatoms. The van der Waals surface area contributed by atoms with Crippen LogP contribution in [0.1, 0.15) is 47.2 Å². The molecular formula is C11H16O2S. The number of carboxylic acids is 1. The third kappa shape index (κ3) is 3.50. The Balaban J connectivity index is 2.33. The molecular weight excluding hydrogens is 196 g/mol. The molecule has 0 aliphatic heterocycles. The molecule has 0 aliphatic carbocycles. The first-order chi connectivity index (χ1) is 6.74. The normalized spacial score (nSPS) is 10.4. The van der Waals surface area contributed by atoms with Crippen LogP contribution in [0, 0.1) is 0 Å². The molecule has 0 bridgehead atoms. The highest BCUT2D eigenvalue weighted by atomic mass is 32.1. The third-order valence-corrected chi connectivity index (χ3v) is 3.28. The summed E-state index contributed by atoms with van der Waals surface area (Å²) in [4.78, 5) is 12.2. The lowest BCUT2D eigenvalue weighted by molar-refractivity contribution is 0.0702. The van der Waals surface area contributed by atoms with E-state index < -0.39 is 5.97 Å². The number of hydrogen-bond acceptors (Lipinski definition) is 2. The van der Waals surface area contributed by atoms with Gasteiger partial charge in [0.05, 0.1) is 0 Å². The molecule has 0 amide bonds. The summed E-state index contributed by atoms with van der Waals surface area (Å²) < 4.78 is 0. The fourth-order valence-electron chi connectivity index (χ4n) is 1.35. The second kappa shape index (κ2) is 5.81. The van der Waals surface area contributed by atoms with E-state index in [1.807, 2.05) is 6.07 Å². The lowest BCUT2D eigenvalue weighted by atomic mass is 10.1. The number of thiophene rings is 1. The molecule has 0 spiro atoms. The van der Waals surface area contributed by atoms with Crippen LogP contribution in [-0.4, -0.2) is 11.1 Å². The average Bonchev–Trinajstić information content (AvgIpc) is 2.61. The van der Waals surface area contributed by atoms with E-state index in [4.69, 9.17) is 5.11 Å². The Morgan fingerprint density at radius 3 is 2.71 bits per heavy atom. The van der Waals surface area contributed by atoms with Crippen molar-refractivity contribution in [1.82, 2.24) is 0 Å². The molecule has 0 atom stereocenters. The van der Waals surface area contributed by atoms with Gasteiger partial charge in [0.1, 0.15) is 4.88 Å². The number of carbonyl (C=O) groups is 1. The van der Waals surface area contributed by atoms with E-state index in [0.717, 1.165) is 6.42 Å². The molecule has 0 saturated heterocycles. The molecule has 1 rings (SSSR count). The molecule has 0 radical (unpaired) electrons. The summed E-state index contributed by atoms with van der Waals surface area (Å²) in [6.45, 7) is 2.19. The number of unbranched alkanes of at least 4 members (excludes halogenated alkanes) is 3. The van der Waals surface area contributed by atoms with E-state index in [0.29, 0.717) is 4.88 Å². The van der Waals surface area contributed by atoms with Gasteiger partial charge in [0.15, 0.2) is 0 Å². The zero-order chi connectivity index (χ0) is 10.4. The Labute approximate surface area is 88.6 Å². The van der Waals surface area contributed by atoms with Gasteiger partial charge in [-0.1, -0.05) is 26.2 Å². The zero-order valence-corrected chi connectivity index (χ0v) is 9.27. The minimum Gasteiger partial charge on any atom is -0.477 e. The minimum absolute atomic E-state index is 0.454. The molecule has 14 heavy (non-hydrogen) atoms. The smallest absolute Gasteiger partial charge is 0.345 e. The fourth-order valence-corrected chi connectivity index (χ4v) is 2.24. The highest BCUT2D eigenvalue weighted by Gasteiger charge is 2.05.